The van der Waals surface area contributed by atoms with E-state index in [9.17, 15) is 4.79 Å². The van der Waals surface area contributed by atoms with Crippen LogP contribution >= 0.6 is 0 Å². The third-order valence-electron chi connectivity index (χ3n) is 2.38. The van der Waals surface area contributed by atoms with Crippen LogP contribution in [0.15, 0.2) is 12.7 Å². The molecule has 0 aliphatic carbocycles. The number of hydrogen-bond donors (Lipinski definition) is 0. The Morgan fingerprint density at radius 3 is 3.08 bits per heavy atom. The van der Waals surface area contributed by atoms with Gasteiger partial charge in [-0.25, -0.2) is 0 Å². The molecule has 74 valence electrons. The minimum atomic E-state index is 0.299. The monoisotopic (exact) mass is 182 g/mol. The Labute approximate surface area is 80.0 Å². The maximum Gasteiger partial charge on any atom is 0.136 e. The number of carbonyl (C=O) groups is 1. The van der Waals surface area contributed by atoms with E-state index in [0.717, 1.165) is 19.4 Å². The van der Waals surface area contributed by atoms with Crippen molar-refractivity contribution in [2.75, 3.05) is 6.61 Å². The molecular formula is C11H18O2. The summed E-state index contributed by atoms with van der Waals surface area (Å²) in [5.74, 6) is 0.299. The Bertz CT molecular complexity index is 169. The molecule has 0 spiro atoms. The topological polar surface area (TPSA) is 26.3 Å². The first-order valence-electron chi connectivity index (χ1n) is 5.07. The molecule has 0 amide bonds. The molecule has 1 aliphatic heterocycles. The van der Waals surface area contributed by atoms with E-state index in [1.54, 1.807) is 6.08 Å². The van der Waals surface area contributed by atoms with Gasteiger partial charge in [-0.15, -0.1) is 6.58 Å². The molecule has 0 aromatic carbocycles. The summed E-state index contributed by atoms with van der Waals surface area (Å²) >= 11 is 0. The van der Waals surface area contributed by atoms with Crippen molar-refractivity contribution in [3.05, 3.63) is 12.7 Å². The highest BCUT2D eigenvalue weighted by atomic mass is 16.5. The molecule has 1 unspecified atom stereocenters. The minimum absolute atomic E-state index is 0.299. The minimum Gasteiger partial charge on any atom is -0.378 e. The van der Waals surface area contributed by atoms with Crippen LogP contribution in [0.2, 0.25) is 0 Å². The van der Waals surface area contributed by atoms with Crippen molar-refractivity contribution in [3.63, 3.8) is 0 Å². The van der Waals surface area contributed by atoms with Gasteiger partial charge in [0.15, 0.2) is 0 Å². The highest BCUT2D eigenvalue weighted by Crippen LogP contribution is 2.17. The zero-order valence-corrected chi connectivity index (χ0v) is 8.13. The van der Waals surface area contributed by atoms with Crippen LogP contribution in [-0.4, -0.2) is 18.5 Å². The molecule has 2 nitrogen and oxygen atoms in total. The van der Waals surface area contributed by atoms with Gasteiger partial charge in [-0.3, -0.25) is 4.79 Å². The summed E-state index contributed by atoms with van der Waals surface area (Å²) in [6.45, 7) is 4.45. The van der Waals surface area contributed by atoms with Gasteiger partial charge in [-0.1, -0.05) is 6.08 Å². The normalized spacial score (nSPS) is 21.7. The van der Waals surface area contributed by atoms with E-state index in [-0.39, 0.29) is 0 Å². The van der Waals surface area contributed by atoms with Gasteiger partial charge in [0, 0.05) is 19.4 Å². The van der Waals surface area contributed by atoms with Gasteiger partial charge in [0.25, 0.3) is 0 Å². The van der Waals surface area contributed by atoms with E-state index in [4.69, 9.17) is 4.74 Å². The number of allylic oxidation sites excluding steroid dienone is 1. The number of Topliss-reactive ketones (excluding diaryl/α,β-unsaturated/α-hetero) is 1. The molecule has 1 aliphatic rings. The van der Waals surface area contributed by atoms with Gasteiger partial charge in [0.1, 0.15) is 5.78 Å². The van der Waals surface area contributed by atoms with Crippen molar-refractivity contribution in [3.8, 4) is 0 Å². The third-order valence-corrected chi connectivity index (χ3v) is 2.38. The summed E-state index contributed by atoms with van der Waals surface area (Å²) in [6.07, 6.45) is 7.68. The predicted molar refractivity (Wildman–Crippen MR) is 52.6 cm³/mol. The second-order valence-corrected chi connectivity index (χ2v) is 3.56. The lowest BCUT2D eigenvalue weighted by molar-refractivity contribution is -0.118. The van der Waals surface area contributed by atoms with Crippen LogP contribution in [0.3, 0.4) is 0 Å². The van der Waals surface area contributed by atoms with Crippen LogP contribution in [0.25, 0.3) is 0 Å². The Morgan fingerprint density at radius 2 is 2.46 bits per heavy atom. The van der Waals surface area contributed by atoms with Crippen molar-refractivity contribution in [2.45, 2.75) is 44.6 Å². The zero-order valence-electron chi connectivity index (χ0n) is 8.13. The van der Waals surface area contributed by atoms with Crippen LogP contribution in [0.5, 0.6) is 0 Å². The third kappa shape index (κ3) is 4.23. The zero-order chi connectivity index (χ0) is 9.52. The van der Waals surface area contributed by atoms with Crippen molar-refractivity contribution in [2.24, 2.45) is 0 Å². The molecule has 0 bridgehead atoms. The lowest BCUT2D eigenvalue weighted by Gasteiger charge is -2.07. The summed E-state index contributed by atoms with van der Waals surface area (Å²) in [5, 5.41) is 0. The summed E-state index contributed by atoms with van der Waals surface area (Å²) in [4.78, 5) is 11.1. The summed E-state index contributed by atoms with van der Waals surface area (Å²) in [6, 6.07) is 0. The fraction of sp³-hybridized carbons (Fsp3) is 0.727. The van der Waals surface area contributed by atoms with E-state index in [0.29, 0.717) is 24.7 Å². The van der Waals surface area contributed by atoms with E-state index in [1.165, 1.54) is 12.8 Å². The SMILES string of the molecule is C=CCC(=O)CCCC1CCCO1. The molecule has 1 heterocycles. The van der Waals surface area contributed by atoms with Gasteiger partial charge >= 0.3 is 0 Å². The second kappa shape index (κ2) is 5.92. The molecule has 1 rings (SSSR count). The smallest absolute Gasteiger partial charge is 0.136 e. The second-order valence-electron chi connectivity index (χ2n) is 3.56. The molecule has 0 radical (unpaired) electrons. The van der Waals surface area contributed by atoms with Crippen LogP contribution in [0, 0.1) is 0 Å². The van der Waals surface area contributed by atoms with Gasteiger partial charge in [0.05, 0.1) is 6.10 Å². The number of carbonyl (C=O) groups excluding carboxylic acids is 1. The highest BCUT2D eigenvalue weighted by molar-refractivity contribution is 5.79. The molecule has 1 saturated heterocycles. The molecule has 13 heavy (non-hydrogen) atoms. The highest BCUT2D eigenvalue weighted by Gasteiger charge is 2.14. The van der Waals surface area contributed by atoms with Crippen molar-refractivity contribution >= 4 is 5.78 Å². The molecule has 0 aromatic heterocycles. The molecule has 1 fully saturated rings. The van der Waals surface area contributed by atoms with Crippen LogP contribution < -0.4 is 0 Å². The van der Waals surface area contributed by atoms with Crippen LogP contribution in [0.4, 0.5) is 0 Å². The van der Waals surface area contributed by atoms with E-state index in [2.05, 4.69) is 6.58 Å². The molecule has 0 aromatic rings. The lowest BCUT2D eigenvalue weighted by atomic mass is 10.1. The quantitative estimate of drug-likeness (QED) is 0.590. The van der Waals surface area contributed by atoms with E-state index >= 15 is 0 Å². The predicted octanol–water partition coefficient (Wildman–Crippen LogP) is 2.48. The Hall–Kier alpha value is -0.630. The van der Waals surface area contributed by atoms with Gasteiger partial charge < -0.3 is 4.74 Å². The summed E-state index contributed by atoms with van der Waals surface area (Å²) in [5.41, 5.74) is 0. The first kappa shape index (κ1) is 10.5. The number of ketones is 1. The summed E-state index contributed by atoms with van der Waals surface area (Å²) in [7, 11) is 0. The number of hydrogen-bond acceptors (Lipinski definition) is 2. The summed E-state index contributed by atoms with van der Waals surface area (Å²) < 4.78 is 5.46. The first-order valence-corrected chi connectivity index (χ1v) is 5.07. The number of ether oxygens (including phenoxy) is 1. The average Bonchev–Trinajstić information content (AvgIpc) is 2.57. The fourth-order valence-corrected chi connectivity index (χ4v) is 1.66. The van der Waals surface area contributed by atoms with Crippen molar-refractivity contribution < 1.29 is 9.53 Å². The molecular weight excluding hydrogens is 164 g/mol. The Kier molecular flexibility index (Phi) is 4.76. The molecule has 0 N–H and O–H groups in total. The Balaban J connectivity index is 1.99. The van der Waals surface area contributed by atoms with Crippen LogP contribution in [0.1, 0.15) is 38.5 Å². The van der Waals surface area contributed by atoms with Gasteiger partial charge in [-0.2, -0.15) is 0 Å². The van der Waals surface area contributed by atoms with Gasteiger partial charge in [0.2, 0.25) is 0 Å². The number of rotatable bonds is 6. The van der Waals surface area contributed by atoms with Crippen LogP contribution in [-0.2, 0) is 9.53 Å². The molecule has 0 saturated carbocycles. The van der Waals surface area contributed by atoms with E-state index in [1.807, 2.05) is 0 Å². The molecule has 1 atom stereocenters. The first-order chi connectivity index (χ1) is 6.33. The maximum absolute atomic E-state index is 11.1. The Morgan fingerprint density at radius 1 is 1.62 bits per heavy atom. The van der Waals surface area contributed by atoms with E-state index < -0.39 is 0 Å². The van der Waals surface area contributed by atoms with Gasteiger partial charge in [-0.05, 0) is 25.7 Å². The average molecular weight is 182 g/mol. The lowest BCUT2D eigenvalue weighted by Crippen LogP contribution is -2.05. The maximum atomic E-state index is 11.1. The van der Waals surface area contributed by atoms with Crippen molar-refractivity contribution in [1.82, 2.24) is 0 Å². The largest absolute Gasteiger partial charge is 0.378 e. The van der Waals surface area contributed by atoms with Crippen molar-refractivity contribution in [1.29, 1.82) is 0 Å². The fourth-order valence-electron chi connectivity index (χ4n) is 1.66. The molecule has 2 heteroatoms. The standard InChI is InChI=1S/C11H18O2/c1-2-5-10(12)6-3-7-11-8-4-9-13-11/h2,11H,1,3-9H2.